The minimum absolute atomic E-state index is 0.255. The van der Waals surface area contributed by atoms with E-state index in [2.05, 4.69) is 26.2 Å². The van der Waals surface area contributed by atoms with Gasteiger partial charge in [-0.25, -0.2) is 8.78 Å². The van der Waals surface area contributed by atoms with E-state index in [0.29, 0.717) is 0 Å². The number of pyridine rings is 1. The highest BCUT2D eigenvalue weighted by Crippen LogP contribution is 2.16. The van der Waals surface area contributed by atoms with Gasteiger partial charge in [-0.1, -0.05) is 0 Å². The molecule has 3 nitrogen and oxygen atoms in total. The lowest BCUT2D eigenvalue weighted by Crippen LogP contribution is -2.31. The van der Waals surface area contributed by atoms with E-state index < -0.39 is 6.43 Å². The fraction of sp³-hybridized carbons (Fsp3) is 0.444. The molecule has 1 unspecified atom stereocenters. The van der Waals surface area contributed by atoms with Crippen molar-refractivity contribution in [2.45, 2.75) is 12.5 Å². The molecule has 3 N–H and O–H groups in total. The van der Waals surface area contributed by atoms with Gasteiger partial charge >= 0.3 is 0 Å². The van der Waals surface area contributed by atoms with Crippen LogP contribution in [0.2, 0.25) is 0 Å². The molecule has 0 aliphatic carbocycles. The largest absolute Gasteiger partial charge is 0.329 e. The Labute approximate surface area is 95.2 Å². The number of rotatable bonds is 5. The highest BCUT2D eigenvalue weighted by molar-refractivity contribution is 9.10. The molecule has 1 aromatic rings. The molecular formula is C9H12BrF2N3. The SMILES string of the molecule is NCC(NCC(F)F)c1cncc(Br)c1. The monoisotopic (exact) mass is 279 g/mol. The van der Waals surface area contributed by atoms with Crippen LogP contribution < -0.4 is 11.1 Å². The summed E-state index contributed by atoms with van der Waals surface area (Å²) in [5.74, 6) is 0. The lowest BCUT2D eigenvalue weighted by molar-refractivity contribution is 0.141. The van der Waals surface area contributed by atoms with Gasteiger partial charge in [0.1, 0.15) is 0 Å². The van der Waals surface area contributed by atoms with Crippen LogP contribution in [0.4, 0.5) is 8.78 Å². The van der Waals surface area contributed by atoms with Gasteiger partial charge in [0.2, 0.25) is 0 Å². The molecule has 0 spiro atoms. The summed E-state index contributed by atoms with van der Waals surface area (Å²) in [7, 11) is 0. The molecule has 0 saturated heterocycles. The van der Waals surface area contributed by atoms with Crippen LogP contribution in [0.3, 0.4) is 0 Å². The number of nitrogens with zero attached hydrogens (tertiary/aromatic N) is 1. The molecular weight excluding hydrogens is 268 g/mol. The van der Waals surface area contributed by atoms with Crippen molar-refractivity contribution in [1.82, 2.24) is 10.3 Å². The Morgan fingerprint density at radius 3 is 2.73 bits per heavy atom. The van der Waals surface area contributed by atoms with Crippen molar-refractivity contribution in [3.63, 3.8) is 0 Å². The third-order valence-corrected chi connectivity index (χ3v) is 2.32. The normalized spacial score (nSPS) is 13.1. The van der Waals surface area contributed by atoms with Crippen molar-refractivity contribution in [3.05, 3.63) is 28.5 Å². The average Bonchev–Trinajstić information content (AvgIpc) is 2.18. The maximum absolute atomic E-state index is 12.0. The smallest absolute Gasteiger partial charge is 0.250 e. The Hall–Kier alpha value is -0.590. The van der Waals surface area contributed by atoms with E-state index in [4.69, 9.17) is 5.73 Å². The van der Waals surface area contributed by atoms with Crippen LogP contribution in [0.1, 0.15) is 11.6 Å². The second kappa shape index (κ2) is 6.09. The number of alkyl halides is 2. The van der Waals surface area contributed by atoms with E-state index in [1.165, 1.54) is 0 Å². The number of aromatic nitrogens is 1. The molecule has 0 saturated carbocycles. The first kappa shape index (κ1) is 12.5. The van der Waals surface area contributed by atoms with E-state index >= 15 is 0 Å². The number of hydrogen-bond donors (Lipinski definition) is 2. The van der Waals surface area contributed by atoms with Gasteiger partial charge in [-0.3, -0.25) is 4.98 Å². The van der Waals surface area contributed by atoms with E-state index in [-0.39, 0.29) is 19.1 Å². The average molecular weight is 280 g/mol. The van der Waals surface area contributed by atoms with Crippen LogP contribution in [0.15, 0.2) is 22.9 Å². The zero-order chi connectivity index (χ0) is 11.3. The molecule has 1 aromatic heterocycles. The van der Waals surface area contributed by atoms with Crippen molar-refractivity contribution in [2.24, 2.45) is 5.73 Å². The lowest BCUT2D eigenvalue weighted by atomic mass is 10.1. The first-order chi connectivity index (χ1) is 7.13. The maximum atomic E-state index is 12.0. The zero-order valence-corrected chi connectivity index (χ0v) is 9.55. The summed E-state index contributed by atoms with van der Waals surface area (Å²) in [5, 5.41) is 2.68. The lowest BCUT2D eigenvalue weighted by Gasteiger charge is -2.16. The molecule has 1 atom stereocenters. The molecule has 0 bridgehead atoms. The fourth-order valence-corrected chi connectivity index (χ4v) is 1.57. The summed E-state index contributed by atoms with van der Waals surface area (Å²) in [4.78, 5) is 3.95. The Balaban J connectivity index is 2.65. The summed E-state index contributed by atoms with van der Waals surface area (Å²) in [6.07, 6.45) is 0.865. The van der Waals surface area contributed by atoms with Crippen LogP contribution >= 0.6 is 15.9 Å². The van der Waals surface area contributed by atoms with Crippen LogP contribution in [0.25, 0.3) is 0 Å². The first-order valence-corrected chi connectivity index (χ1v) is 5.25. The molecule has 0 aliphatic heterocycles. The predicted octanol–water partition coefficient (Wildman–Crippen LogP) is 1.70. The first-order valence-electron chi connectivity index (χ1n) is 4.45. The van der Waals surface area contributed by atoms with Gasteiger partial charge in [0.15, 0.2) is 0 Å². The van der Waals surface area contributed by atoms with Crippen LogP contribution in [0, 0.1) is 0 Å². The topological polar surface area (TPSA) is 50.9 Å². The molecule has 1 rings (SSSR count). The quantitative estimate of drug-likeness (QED) is 0.863. The molecule has 0 radical (unpaired) electrons. The van der Waals surface area contributed by atoms with Crippen molar-refractivity contribution in [1.29, 1.82) is 0 Å². The molecule has 0 aromatic carbocycles. The van der Waals surface area contributed by atoms with Gasteiger partial charge in [-0.05, 0) is 27.6 Å². The molecule has 1 heterocycles. The van der Waals surface area contributed by atoms with E-state index in [9.17, 15) is 8.78 Å². The minimum Gasteiger partial charge on any atom is -0.329 e. The van der Waals surface area contributed by atoms with Gasteiger partial charge in [0, 0.05) is 29.5 Å². The van der Waals surface area contributed by atoms with Crippen molar-refractivity contribution >= 4 is 15.9 Å². The molecule has 0 aliphatic rings. The Bertz CT molecular complexity index is 309. The van der Waals surface area contributed by atoms with Gasteiger partial charge in [-0.2, -0.15) is 0 Å². The van der Waals surface area contributed by atoms with Gasteiger partial charge in [-0.15, -0.1) is 0 Å². The highest BCUT2D eigenvalue weighted by atomic mass is 79.9. The zero-order valence-electron chi connectivity index (χ0n) is 7.96. The second-order valence-electron chi connectivity index (χ2n) is 3.02. The second-order valence-corrected chi connectivity index (χ2v) is 3.94. The third kappa shape index (κ3) is 4.19. The summed E-state index contributed by atoms with van der Waals surface area (Å²) >= 11 is 3.26. The molecule has 84 valence electrons. The summed E-state index contributed by atoms with van der Waals surface area (Å²) < 4.78 is 24.8. The fourth-order valence-electron chi connectivity index (χ4n) is 1.19. The number of nitrogens with one attached hydrogen (secondary N) is 1. The number of hydrogen-bond acceptors (Lipinski definition) is 3. The van der Waals surface area contributed by atoms with Crippen molar-refractivity contribution in [3.8, 4) is 0 Å². The highest BCUT2D eigenvalue weighted by Gasteiger charge is 2.12. The molecule has 0 fully saturated rings. The van der Waals surface area contributed by atoms with Crippen molar-refractivity contribution in [2.75, 3.05) is 13.1 Å². The summed E-state index contributed by atoms with van der Waals surface area (Å²) in [6, 6.07) is 1.52. The van der Waals surface area contributed by atoms with Gasteiger partial charge in [0.05, 0.1) is 6.54 Å². The Morgan fingerprint density at radius 1 is 1.47 bits per heavy atom. The summed E-state index contributed by atoms with van der Waals surface area (Å²) in [6.45, 7) is -0.112. The Morgan fingerprint density at radius 2 is 2.20 bits per heavy atom. The van der Waals surface area contributed by atoms with E-state index in [1.807, 2.05) is 6.07 Å². The Kier molecular flexibility index (Phi) is 5.07. The van der Waals surface area contributed by atoms with Gasteiger partial charge < -0.3 is 11.1 Å². The van der Waals surface area contributed by atoms with Crippen LogP contribution in [-0.4, -0.2) is 24.5 Å². The van der Waals surface area contributed by atoms with Gasteiger partial charge in [0.25, 0.3) is 6.43 Å². The maximum Gasteiger partial charge on any atom is 0.250 e. The number of halogens is 3. The van der Waals surface area contributed by atoms with Crippen molar-refractivity contribution < 1.29 is 8.78 Å². The minimum atomic E-state index is -2.38. The van der Waals surface area contributed by atoms with E-state index in [1.54, 1.807) is 12.4 Å². The molecule has 6 heteroatoms. The van der Waals surface area contributed by atoms with Crippen LogP contribution in [0.5, 0.6) is 0 Å². The third-order valence-electron chi connectivity index (χ3n) is 1.88. The number of nitrogens with two attached hydrogens (primary N) is 1. The van der Waals surface area contributed by atoms with E-state index in [0.717, 1.165) is 10.0 Å². The summed E-state index contributed by atoms with van der Waals surface area (Å²) in [5.41, 5.74) is 6.29. The standard InChI is InChI=1S/C9H12BrF2N3/c10-7-1-6(3-14-4-7)8(2-13)15-5-9(11)12/h1,3-4,8-9,15H,2,5,13H2. The molecule has 0 amide bonds. The van der Waals surface area contributed by atoms with Crippen LogP contribution in [-0.2, 0) is 0 Å². The molecule has 15 heavy (non-hydrogen) atoms. The predicted molar refractivity (Wildman–Crippen MR) is 57.7 cm³/mol.